The van der Waals surface area contributed by atoms with Gasteiger partial charge in [-0.3, -0.25) is 9.69 Å². The van der Waals surface area contributed by atoms with E-state index in [0.29, 0.717) is 31.9 Å². The maximum absolute atomic E-state index is 13.2. The first-order valence-corrected chi connectivity index (χ1v) is 13.0. The number of amides is 2. The van der Waals surface area contributed by atoms with Crippen LogP contribution in [0, 0.1) is 5.82 Å². The van der Waals surface area contributed by atoms with Gasteiger partial charge in [0.05, 0.1) is 6.54 Å². The Morgan fingerprint density at radius 1 is 1.10 bits per heavy atom. The number of rotatable bonds is 6. The molecule has 9 heteroatoms. The van der Waals surface area contributed by atoms with E-state index in [9.17, 15) is 19.1 Å². The topological polar surface area (TPSA) is 83.0 Å². The Morgan fingerprint density at radius 2 is 1.77 bits per heavy atom. The summed E-state index contributed by atoms with van der Waals surface area (Å²) in [6.45, 7) is 10.6. The van der Waals surface area contributed by atoms with Gasteiger partial charge in [0, 0.05) is 31.9 Å². The molecule has 2 amide bonds. The van der Waals surface area contributed by atoms with Gasteiger partial charge < -0.3 is 14.7 Å². The Bertz CT molecular complexity index is 1320. The molecule has 39 heavy (non-hydrogen) atoms. The van der Waals surface area contributed by atoms with Crippen molar-refractivity contribution in [1.82, 2.24) is 9.88 Å². The fourth-order valence-electron chi connectivity index (χ4n) is 5.42. The highest BCUT2D eigenvalue weighted by Crippen LogP contribution is 2.33. The fraction of sp³-hybridized carbons (Fsp3) is 0.367. The van der Waals surface area contributed by atoms with Crippen LogP contribution in [-0.4, -0.2) is 69.7 Å². The third kappa shape index (κ3) is 5.94. The normalized spacial score (nSPS) is 19.9. The second-order valence-corrected chi connectivity index (χ2v) is 11.1. The minimum absolute atomic E-state index is 0.0467. The molecule has 0 aliphatic carbocycles. The van der Waals surface area contributed by atoms with E-state index < -0.39 is 11.6 Å². The quantitative estimate of drug-likeness (QED) is 0.403. The molecular weight excluding hydrogens is 499 g/mol. The summed E-state index contributed by atoms with van der Waals surface area (Å²) in [6.07, 6.45) is -0.770. The van der Waals surface area contributed by atoms with Gasteiger partial charge in [0.25, 0.3) is 5.91 Å². The molecule has 206 valence electrons. The lowest BCUT2D eigenvalue weighted by Crippen LogP contribution is -2.73. The number of benzene rings is 2. The smallest absolute Gasteiger partial charge is 0.439 e. The van der Waals surface area contributed by atoms with Crippen molar-refractivity contribution < 1.29 is 28.3 Å². The number of quaternary nitrogens is 1. The summed E-state index contributed by atoms with van der Waals surface area (Å²) < 4.78 is 18.9. The van der Waals surface area contributed by atoms with E-state index in [1.807, 2.05) is 52.0 Å². The number of nitrogens with zero attached hydrogens (tertiary/aromatic N) is 4. The first-order chi connectivity index (χ1) is 18.4. The summed E-state index contributed by atoms with van der Waals surface area (Å²) >= 11 is 0. The number of ether oxygens (including phenoxy) is 1. The molecule has 1 saturated heterocycles. The highest BCUT2D eigenvalue weighted by atomic mass is 19.1. The lowest BCUT2D eigenvalue weighted by molar-refractivity contribution is -0.929. The van der Waals surface area contributed by atoms with Crippen molar-refractivity contribution in [3.8, 4) is 11.6 Å². The van der Waals surface area contributed by atoms with Crippen LogP contribution < -0.4 is 9.64 Å². The monoisotopic (exact) mass is 535 g/mol. The molecule has 2 heterocycles. The maximum atomic E-state index is 13.2. The lowest BCUT2D eigenvalue weighted by atomic mass is 9.95. The van der Waals surface area contributed by atoms with Gasteiger partial charge >= 0.3 is 6.09 Å². The fourth-order valence-corrected chi connectivity index (χ4v) is 5.42. The largest absolute Gasteiger partial charge is 0.514 e. The Hall–Kier alpha value is -3.82. The number of anilines is 1. The zero-order valence-corrected chi connectivity index (χ0v) is 23.1. The van der Waals surface area contributed by atoms with E-state index in [1.54, 1.807) is 25.2 Å². The SMILES string of the molecule is C[C@H]1CN(Cc2ccc(N(C)C(=O)c3cccc(Oc4ccc(F)cc4)n3)cc2)CC[N+]1(C(=O)O)C(C)(C)C. The van der Waals surface area contributed by atoms with Gasteiger partial charge in [-0.2, -0.15) is 4.79 Å². The molecule has 2 atom stereocenters. The standard InChI is InChI=1S/C30H35FN4O4/c1-21-19-34(17-18-35(21,29(37)38)30(2,3)4)20-22-9-13-24(14-10-22)33(5)28(36)26-7-6-8-27(32-26)39-25-15-11-23(31)12-16-25/h6-16,21H,17-20H2,1-5H3/p+1/t21-,35?/m0/s1. The van der Waals surface area contributed by atoms with Crippen LogP contribution in [0.25, 0.3) is 0 Å². The van der Waals surface area contributed by atoms with Crippen molar-refractivity contribution in [3.63, 3.8) is 0 Å². The molecule has 4 rings (SSSR count). The van der Waals surface area contributed by atoms with Crippen LogP contribution in [0.15, 0.2) is 66.7 Å². The first-order valence-electron chi connectivity index (χ1n) is 13.0. The van der Waals surface area contributed by atoms with Gasteiger partial charge in [0.1, 0.15) is 35.4 Å². The van der Waals surface area contributed by atoms with Crippen molar-refractivity contribution in [2.24, 2.45) is 0 Å². The van der Waals surface area contributed by atoms with E-state index in [1.165, 1.54) is 29.2 Å². The predicted octanol–water partition coefficient (Wildman–Crippen LogP) is 5.79. The van der Waals surface area contributed by atoms with Crippen LogP contribution >= 0.6 is 0 Å². The summed E-state index contributed by atoms with van der Waals surface area (Å²) in [5.41, 5.74) is 1.64. The van der Waals surface area contributed by atoms with Crippen LogP contribution in [0.5, 0.6) is 11.6 Å². The molecule has 2 aromatic carbocycles. The molecule has 8 nitrogen and oxygen atoms in total. The number of carbonyl (C=O) groups is 2. The maximum Gasteiger partial charge on any atom is 0.514 e. The predicted molar refractivity (Wildman–Crippen MR) is 148 cm³/mol. The number of carboxylic acid groups (broad SMARTS) is 1. The molecule has 0 saturated carbocycles. The van der Waals surface area contributed by atoms with E-state index in [0.717, 1.165) is 11.3 Å². The summed E-state index contributed by atoms with van der Waals surface area (Å²) in [5.74, 6) is 0.00926. The van der Waals surface area contributed by atoms with Gasteiger partial charge in [-0.05, 0) is 75.7 Å². The Kier molecular flexibility index (Phi) is 8.04. The summed E-state index contributed by atoms with van der Waals surface area (Å²) in [7, 11) is 1.69. The molecule has 0 radical (unpaired) electrons. The van der Waals surface area contributed by atoms with E-state index >= 15 is 0 Å². The molecular formula is C30H36FN4O4+. The number of carbonyl (C=O) groups excluding carboxylic acids is 1. The van der Waals surface area contributed by atoms with Crippen molar-refractivity contribution in [2.45, 2.75) is 45.8 Å². The van der Waals surface area contributed by atoms with Gasteiger partial charge in [0.2, 0.25) is 5.88 Å². The molecule has 3 aromatic rings. The molecule has 0 spiro atoms. The molecule has 0 bridgehead atoms. The third-order valence-electron chi connectivity index (χ3n) is 7.60. The lowest BCUT2D eigenvalue weighted by Gasteiger charge is -2.52. The molecule has 1 N–H and O–H groups in total. The van der Waals surface area contributed by atoms with Crippen LogP contribution in [0.1, 0.15) is 43.7 Å². The zero-order chi connectivity index (χ0) is 28.4. The van der Waals surface area contributed by atoms with Gasteiger partial charge in [-0.25, -0.2) is 13.9 Å². The number of hydrogen-bond acceptors (Lipinski definition) is 5. The van der Waals surface area contributed by atoms with Crippen LogP contribution in [-0.2, 0) is 6.54 Å². The molecule has 1 unspecified atom stereocenters. The minimum atomic E-state index is -0.770. The van der Waals surface area contributed by atoms with Gasteiger partial charge in [-0.15, -0.1) is 0 Å². The molecule has 1 aliphatic rings. The summed E-state index contributed by atoms with van der Waals surface area (Å²) in [6, 6.07) is 18.2. The van der Waals surface area contributed by atoms with E-state index in [4.69, 9.17) is 4.74 Å². The number of aromatic nitrogens is 1. The van der Waals surface area contributed by atoms with Crippen LogP contribution in [0.3, 0.4) is 0 Å². The van der Waals surface area contributed by atoms with Gasteiger partial charge in [0.15, 0.2) is 0 Å². The third-order valence-corrected chi connectivity index (χ3v) is 7.60. The average molecular weight is 536 g/mol. The Morgan fingerprint density at radius 3 is 2.36 bits per heavy atom. The van der Waals surface area contributed by atoms with Crippen molar-refractivity contribution in [1.29, 1.82) is 0 Å². The van der Waals surface area contributed by atoms with Crippen LogP contribution in [0.4, 0.5) is 14.9 Å². The molecule has 1 aliphatic heterocycles. The van der Waals surface area contributed by atoms with Crippen molar-refractivity contribution >= 4 is 17.7 Å². The average Bonchev–Trinajstić information content (AvgIpc) is 2.89. The highest BCUT2D eigenvalue weighted by Gasteiger charge is 2.54. The van der Waals surface area contributed by atoms with E-state index in [-0.39, 0.29) is 33.8 Å². The minimum Gasteiger partial charge on any atom is -0.439 e. The van der Waals surface area contributed by atoms with Crippen LogP contribution in [0.2, 0.25) is 0 Å². The van der Waals surface area contributed by atoms with E-state index in [2.05, 4.69) is 9.88 Å². The molecule has 1 fully saturated rings. The second-order valence-electron chi connectivity index (χ2n) is 11.1. The number of piperazine rings is 1. The second kappa shape index (κ2) is 11.1. The Balaban J connectivity index is 1.39. The van der Waals surface area contributed by atoms with Crippen molar-refractivity contribution in [2.75, 3.05) is 31.6 Å². The molecule has 1 aromatic heterocycles. The van der Waals surface area contributed by atoms with Gasteiger partial charge in [-0.1, -0.05) is 18.2 Å². The summed E-state index contributed by atoms with van der Waals surface area (Å²) in [4.78, 5) is 33.5. The number of hydrogen-bond donors (Lipinski definition) is 1. The van der Waals surface area contributed by atoms with Crippen molar-refractivity contribution in [3.05, 3.63) is 83.8 Å². The highest BCUT2D eigenvalue weighted by molar-refractivity contribution is 6.04. The first kappa shape index (κ1) is 28.2. The number of pyridine rings is 1. The number of halogens is 1. The zero-order valence-electron chi connectivity index (χ0n) is 23.1. The summed E-state index contributed by atoms with van der Waals surface area (Å²) in [5, 5.41) is 10.1. The Labute approximate surface area is 228 Å².